The van der Waals surface area contributed by atoms with E-state index in [1.54, 1.807) is 6.07 Å². The van der Waals surface area contributed by atoms with Gasteiger partial charge < -0.3 is 15.8 Å². The van der Waals surface area contributed by atoms with E-state index in [2.05, 4.69) is 5.32 Å². The highest BCUT2D eigenvalue weighted by atomic mass is 16.6. The van der Waals surface area contributed by atoms with Gasteiger partial charge in [0, 0.05) is 30.4 Å². The summed E-state index contributed by atoms with van der Waals surface area (Å²) < 4.78 is 5.00. The zero-order valence-electron chi connectivity index (χ0n) is 9.97. The fraction of sp³-hybridized carbons (Fsp3) is 0.455. The first kappa shape index (κ1) is 13.2. The van der Waals surface area contributed by atoms with E-state index in [9.17, 15) is 10.1 Å². The van der Waals surface area contributed by atoms with Crippen LogP contribution >= 0.6 is 0 Å². The quantitative estimate of drug-likeness (QED) is 0.583. The summed E-state index contributed by atoms with van der Waals surface area (Å²) in [5.74, 6) is 0.451. The minimum Gasteiger partial charge on any atom is -0.496 e. The molecule has 1 aromatic carbocycles. The molecule has 0 saturated carbocycles. The zero-order chi connectivity index (χ0) is 12.8. The van der Waals surface area contributed by atoms with Crippen LogP contribution in [-0.4, -0.2) is 24.6 Å². The Hall–Kier alpha value is -1.82. The second-order valence-corrected chi connectivity index (χ2v) is 3.73. The third-order valence-corrected chi connectivity index (χ3v) is 2.43. The van der Waals surface area contributed by atoms with Crippen LogP contribution in [0.4, 0.5) is 11.4 Å². The number of nitrogens with zero attached hydrogens (tertiary/aromatic N) is 1. The van der Waals surface area contributed by atoms with Gasteiger partial charge in [0.15, 0.2) is 0 Å². The molecular formula is C11H17N3O3. The lowest BCUT2D eigenvalue weighted by molar-refractivity contribution is -0.384. The first-order valence-electron chi connectivity index (χ1n) is 5.39. The van der Waals surface area contributed by atoms with E-state index in [0.717, 1.165) is 6.42 Å². The second kappa shape index (κ2) is 6.05. The maximum absolute atomic E-state index is 10.7. The number of benzene rings is 1. The van der Waals surface area contributed by atoms with E-state index in [4.69, 9.17) is 10.5 Å². The monoisotopic (exact) mass is 239 g/mol. The predicted molar refractivity (Wildman–Crippen MR) is 66.4 cm³/mol. The average molecular weight is 239 g/mol. The van der Waals surface area contributed by atoms with E-state index >= 15 is 0 Å². The van der Waals surface area contributed by atoms with Crippen LogP contribution in [0.15, 0.2) is 18.2 Å². The van der Waals surface area contributed by atoms with E-state index in [1.807, 2.05) is 6.92 Å². The molecule has 0 amide bonds. The van der Waals surface area contributed by atoms with Gasteiger partial charge in [-0.05, 0) is 6.42 Å². The molecule has 0 fully saturated rings. The van der Waals surface area contributed by atoms with Crippen LogP contribution in [0.1, 0.15) is 13.3 Å². The molecule has 94 valence electrons. The van der Waals surface area contributed by atoms with E-state index < -0.39 is 4.92 Å². The van der Waals surface area contributed by atoms with Gasteiger partial charge in [-0.3, -0.25) is 10.1 Å². The van der Waals surface area contributed by atoms with Crippen molar-refractivity contribution in [3.8, 4) is 5.75 Å². The molecule has 0 aliphatic carbocycles. The lowest BCUT2D eigenvalue weighted by Gasteiger charge is -2.12. The molecule has 6 heteroatoms. The first-order valence-corrected chi connectivity index (χ1v) is 5.39. The standard InChI is InChI=1S/C11H17N3O3/c1-3-8(12)7-13-9-4-10(14(15)16)6-11(5-9)17-2/h4-6,8,13H,3,7,12H2,1-2H3. The highest BCUT2D eigenvalue weighted by Crippen LogP contribution is 2.25. The number of nitrogens with two attached hydrogens (primary N) is 1. The molecule has 0 heterocycles. The molecule has 6 nitrogen and oxygen atoms in total. The van der Waals surface area contributed by atoms with Crippen molar-refractivity contribution in [2.24, 2.45) is 5.73 Å². The van der Waals surface area contributed by atoms with E-state index in [0.29, 0.717) is 18.0 Å². The minimum absolute atomic E-state index is 0.00285. The summed E-state index contributed by atoms with van der Waals surface area (Å²) >= 11 is 0. The van der Waals surface area contributed by atoms with Gasteiger partial charge >= 0.3 is 0 Å². The Bertz CT molecular complexity index is 396. The van der Waals surface area contributed by atoms with Crippen LogP contribution in [0.5, 0.6) is 5.75 Å². The molecule has 0 spiro atoms. The Morgan fingerprint density at radius 1 is 1.53 bits per heavy atom. The van der Waals surface area contributed by atoms with Crippen LogP contribution in [0, 0.1) is 10.1 Å². The Labute approximate surface area is 99.9 Å². The van der Waals surface area contributed by atoms with Crippen LogP contribution in [0.2, 0.25) is 0 Å². The van der Waals surface area contributed by atoms with Gasteiger partial charge in [0.05, 0.1) is 18.1 Å². The number of methoxy groups -OCH3 is 1. The Morgan fingerprint density at radius 2 is 2.24 bits per heavy atom. The summed E-state index contributed by atoms with van der Waals surface area (Å²) in [6, 6.07) is 4.57. The number of rotatable bonds is 6. The molecule has 1 rings (SSSR count). The third kappa shape index (κ3) is 3.92. The Kier molecular flexibility index (Phi) is 4.71. The number of anilines is 1. The van der Waals surface area contributed by atoms with Crippen molar-refractivity contribution < 1.29 is 9.66 Å². The van der Waals surface area contributed by atoms with E-state index in [-0.39, 0.29) is 11.7 Å². The predicted octanol–water partition coefficient (Wildman–Crippen LogP) is 1.75. The average Bonchev–Trinajstić information content (AvgIpc) is 2.35. The molecule has 1 atom stereocenters. The highest BCUT2D eigenvalue weighted by molar-refractivity contribution is 5.56. The van der Waals surface area contributed by atoms with Gasteiger partial charge in [0.2, 0.25) is 0 Å². The fourth-order valence-corrected chi connectivity index (χ4v) is 1.30. The molecule has 17 heavy (non-hydrogen) atoms. The molecule has 0 aliphatic rings. The molecule has 0 aliphatic heterocycles. The number of ether oxygens (including phenoxy) is 1. The molecule has 1 unspecified atom stereocenters. The number of non-ortho nitro benzene ring substituents is 1. The summed E-state index contributed by atoms with van der Waals surface area (Å²) in [6.07, 6.45) is 0.846. The van der Waals surface area contributed by atoms with Gasteiger partial charge in [0.25, 0.3) is 5.69 Å². The Morgan fingerprint density at radius 3 is 2.76 bits per heavy atom. The van der Waals surface area contributed by atoms with Gasteiger partial charge in [-0.25, -0.2) is 0 Å². The number of nitrogens with one attached hydrogen (secondary N) is 1. The van der Waals surface area contributed by atoms with Crippen molar-refractivity contribution in [1.82, 2.24) is 0 Å². The summed E-state index contributed by atoms with van der Waals surface area (Å²) in [4.78, 5) is 10.3. The molecule has 0 bridgehead atoms. The molecule has 0 saturated heterocycles. The van der Waals surface area contributed by atoms with Crippen molar-refractivity contribution >= 4 is 11.4 Å². The summed E-state index contributed by atoms with van der Waals surface area (Å²) in [7, 11) is 1.47. The summed E-state index contributed by atoms with van der Waals surface area (Å²) in [5.41, 5.74) is 6.40. The minimum atomic E-state index is -0.451. The van der Waals surface area contributed by atoms with Gasteiger partial charge in [0.1, 0.15) is 5.75 Å². The normalized spacial score (nSPS) is 11.9. The van der Waals surface area contributed by atoms with Crippen molar-refractivity contribution in [3.63, 3.8) is 0 Å². The second-order valence-electron chi connectivity index (χ2n) is 3.73. The van der Waals surface area contributed by atoms with Crippen molar-refractivity contribution in [2.45, 2.75) is 19.4 Å². The van der Waals surface area contributed by atoms with Crippen molar-refractivity contribution in [2.75, 3.05) is 19.0 Å². The van der Waals surface area contributed by atoms with Gasteiger partial charge in [-0.1, -0.05) is 6.92 Å². The van der Waals surface area contributed by atoms with Crippen LogP contribution in [-0.2, 0) is 0 Å². The lowest BCUT2D eigenvalue weighted by Crippen LogP contribution is -2.28. The topological polar surface area (TPSA) is 90.4 Å². The zero-order valence-corrected chi connectivity index (χ0v) is 9.97. The molecule has 1 aromatic rings. The number of nitro benzene ring substituents is 1. The molecular weight excluding hydrogens is 222 g/mol. The van der Waals surface area contributed by atoms with Crippen LogP contribution in [0.25, 0.3) is 0 Å². The maximum Gasteiger partial charge on any atom is 0.275 e. The largest absolute Gasteiger partial charge is 0.496 e. The summed E-state index contributed by atoms with van der Waals surface area (Å²) in [5, 5.41) is 13.8. The summed E-state index contributed by atoms with van der Waals surface area (Å²) in [6.45, 7) is 2.56. The van der Waals surface area contributed by atoms with Gasteiger partial charge in [-0.2, -0.15) is 0 Å². The lowest BCUT2D eigenvalue weighted by atomic mass is 10.2. The maximum atomic E-state index is 10.7. The Balaban J connectivity index is 2.83. The smallest absolute Gasteiger partial charge is 0.275 e. The SMILES string of the molecule is CCC(N)CNc1cc(OC)cc([N+](=O)[O-])c1. The highest BCUT2D eigenvalue weighted by Gasteiger charge is 2.10. The fourth-order valence-electron chi connectivity index (χ4n) is 1.30. The third-order valence-electron chi connectivity index (χ3n) is 2.43. The van der Waals surface area contributed by atoms with Crippen LogP contribution < -0.4 is 15.8 Å². The van der Waals surface area contributed by atoms with Crippen molar-refractivity contribution in [3.05, 3.63) is 28.3 Å². The number of hydrogen-bond acceptors (Lipinski definition) is 5. The molecule has 0 aromatic heterocycles. The molecule has 0 radical (unpaired) electrons. The van der Waals surface area contributed by atoms with E-state index in [1.165, 1.54) is 19.2 Å². The molecule has 3 N–H and O–H groups in total. The van der Waals surface area contributed by atoms with Gasteiger partial charge in [-0.15, -0.1) is 0 Å². The van der Waals surface area contributed by atoms with Crippen LogP contribution in [0.3, 0.4) is 0 Å². The number of nitro groups is 1. The number of hydrogen-bond donors (Lipinski definition) is 2. The first-order chi connectivity index (χ1) is 8.06. The van der Waals surface area contributed by atoms with Crippen molar-refractivity contribution in [1.29, 1.82) is 0 Å².